The number of rotatable bonds is 3. The summed E-state index contributed by atoms with van der Waals surface area (Å²) >= 11 is 6.13. The van der Waals surface area contributed by atoms with E-state index in [1.807, 2.05) is 31.2 Å². The van der Waals surface area contributed by atoms with Crippen molar-refractivity contribution < 1.29 is 0 Å². The summed E-state index contributed by atoms with van der Waals surface area (Å²) in [6.07, 6.45) is 1.69. The number of benzene rings is 1. The third-order valence-electron chi connectivity index (χ3n) is 2.46. The fraction of sp³-hybridized carbons (Fsp3) is 0.333. The van der Waals surface area contributed by atoms with E-state index in [0.29, 0.717) is 5.69 Å². The first kappa shape index (κ1) is 11.1. The standard InChI is InChI=1S/C12H13ClN2O/c1-2-5-8(13)11-12(16)15-10-7-4-3-6-9(10)14-11/h3-4,6-8H,2,5H2,1H3,(H,15,16). The number of aromatic amines is 1. The lowest BCUT2D eigenvalue weighted by atomic mass is 10.2. The molecule has 1 N–H and O–H groups in total. The van der Waals surface area contributed by atoms with Crippen LogP contribution in [0.15, 0.2) is 29.1 Å². The zero-order chi connectivity index (χ0) is 11.5. The highest BCUT2D eigenvalue weighted by molar-refractivity contribution is 6.20. The minimum atomic E-state index is -0.307. The number of fused-ring (bicyclic) bond motifs is 1. The molecular formula is C12H13ClN2O. The molecule has 16 heavy (non-hydrogen) atoms. The van der Waals surface area contributed by atoms with Gasteiger partial charge in [-0.25, -0.2) is 4.98 Å². The molecule has 3 nitrogen and oxygen atoms in total. The maximum atomic E-state index is 11.7. The van der Waals surface area contributed by atoms with Gasteiger partial charge in [0.05, 0.1) is 16.4 Å². The second-order valence-electron chi connectivity index (χ2n) is 3.72. The van der Waals surface area contributed by atoms with Gasteiger partial charge in [0, 0.05) is 0 Å². The Bertz CT molecular complexity index is 550. The van der Waals surface area contributed by atoms with Crippen molar-refractivity contribution in [2.75, 3.05) is 0 Å². The van der Waals surface area contributed by atoms with E-state index in [-0.39, 0.29) is 10.9 Å². The number of alkyl halides is 1. The highest BCUT2D eigenvalue weighted by Gasteiger charge is 2.13. The van der Waals surface area contributed by atoms with E-state index in [0.717, 1.165) is 23.9 Å². The summed E-state index contributed by atoms with van der Waals surface area (Å²) in [4.78, 5) is 18.9. The smallest absolute Gasteiger partial charge is 0.271 e. The Hall–Kier alpha value is -1.35. The predicted molar refractivity (Wildman–Crippen MR) is 65.9 cm³/mol. The van der Waals surface area contributed by atoms with Crippen LogP contribution in [0, 0.1) is 0 Å². The average Bonchev–Trinajstić information content (AvgIpc) is 2.28. The lowest BCUT2D eigenvalue weighted by Crippen LogP contribution is -2.16. The van der Waals surface area contributed by atoms with Gasteiger partial charge in [0.15, 0.2) is 0 Å². The molecule has 2 aromatic rings. The number of nitrogens with zero attached hydrogens (tertiary/aromatic N) is 1. The molecule has 84 valence electrons. The molecule has 0 aliphatic heterocycles. The van der Waals surface area contributed by atoms with Crippen LogP contribution in [0.3, 0.4) is 0 Å². The number of hydrogen-bond donors (Lipinski definition) is 1. The van der Waals surface area contributed by atoms with Gasteiger partial charge in [-0.15, -0.1) is 11.6 Å². The number of aromatic nitrogens is 2. The monoisotopic (exact) mass is 236 g/mol. The number of para-hydroxylation sites is 2. The Labute approximate surface area is 98.5 Å². The molecule has 0 bridgehead atoms. The number of H-pyrrole nitrogens is 1. The highest BCUT2D eigenvalue weighted by Crippen LogP contribution is 2.21. The first-order valence-corrected chi connectivity index (χ1v) is 5.79. The van der Waals surface area contributed by atoms with Gasteiger partial charge < -0.3 is 4.98 Å². The molecule has 1 heterocycles. The summed E-state index contributed by atoms with van der Waals surface area (Å²) in [6.45, 7) is 2.03. The van der Waals surface area contributed by atoms with Gasteiger partial charge in [-0.3, -0.25) is 4.79 Å². The van der Waals surface area contributed by atoms with Crippen molar-refractivity contribution >= 4 is 22.6 Å². The Morgan fingerprint density at radius 2 is 2.19 bits per heavy atom. The molecule has 0 saturated heterocycles. The van der Waals surface area contributed by atoms with Crippen LogP contribution in [0.4, 0.5) is 0 Å². The van der Waals surface area contributed by atoms with Crippen molar-refractivity contribution in [3.63, 3.8) is 0 Å². The zero-order valence-corrected chi connectivity index (χ0v) is 9.79. The molecule has 1 unspecified atom stereocenters. The predicted octanol–water partition coefficient (Wildman–Crippen LogP) is 3.00. The summed E-state index contributed by atoms with van der Waals surface area (Å²) < 4.78 is 0. The minimum absolute atomic E-state index is 0.188. The third kappa shape index (κ3) is 2.09. The molecular weight excluding hydrogens is 224 g/mol. The van der Waals surface area contributed by atoms with Gasteiger partial charge in [-0.05, 0) is 18.6 Å². The molecule has 0 aliphatic rings. The van der Waals surface area contributed by atoms with Crippen LogP contribution < -0.4 is 5.56 Å². The van der Waals surface area contributed by atoms with Gasteiger partial charge in [-0.2, -0.15) is 0 Å². The van der Waals surface area contributed by atoms with E-state index in [9.17, 15) is 4.79 Å². The lowest BCUT2D eigenvalue weighted by molar-refractivity contribution is 0.745. The molecule has 2 rings (SSSR count). The van der Waals surface area contributed by atoms with Crippen LogP contribution in [0.5, 0.6) is 0 Å². The normalized spacial score (nSPS) is 12.9. The van der Waals surface area contributed by atoms with E-state index in [2.05, 4.69) is 9.97 Å². The molecule has 1 aromatic heterocycles. The molecule has 0 radical (unpaired) electrons. The van der Waals surface area contributed by atoms with Crippen molar-refractivity contribution in [2.24, 2.45) is 0 Å². The van der Waals surface area contributed by atoms with Crippen LogP contribution in [0.2, 0.25) is 0 Å². The van der Waals surface area contributed by atoms with Crippen LogP contribution >= 0.6 is 11.6 Å². The number of hydrogen-bond acceptors (Lipinski definition) is 2. The minimum Gasteiger partial charge on any atom is -0.319 e. The van der Waals surface area contributed by atoms with Crippen molar-refractivity contribution in [3.05, 3.63) is 40.3 Å². The summed E-state index contributed by atoms with van der Waals surface area (Å²) in [7, 11) is 0. The summed E-state index contributed by atoms with van der Waals surface area (Å²) in [5.74, 6) is 0. The molecule has 0 aliphatic carbocycles. The van der Waals surface area contributed by atoms with Crippen LogP contribution in [0.25, 0.3) is 11.0 Å². The summed E-state index contributed by atoms with van der Waals surface area (Å²) in [6, 6.07) is 7.45. The Balaban J connectivity index is 2.54. The van der Waals surface area contributed by atoms with E-state index < -0.39 is 0 Å². The number of nitrogens with one attached hydrogen (secondary N) is 1. The van der Waals surface area contributed by atoms with Crippen molar-refractivity contribution in [1.82, 2.24) is 9.97 Å². The molecule has 4 heteroatoms. The number of halogens is 1. The second-order valence-corrected chi connectivity index (χ2v) is 4.25. The molecule has 0 fully saturated rings. The van der Waals surface area contributed by atoms with E-state index >= 15 is 0 Å². The Morgan fingerprint density at radius 1 is 1.44 bits per heavy atom. The fourth-order valence-electron chi connectivity index (χ4n) is 1.65. The van der Waals surface area contributed by atoms with Crippen molar-refractivity contribution in [1.29, 1.82) is 0 Å². The molecule has 1 atom stereocenters. The quantitative estimate of drug-likeness (QED) is 0.833. The fourth-order valence-corrected chi connectivity index (χ4v) is 2.01. The summed E-state index contributed by atoms with van der Waals surface area (Å²) in [5.41, 5.74) is 1.75. The third-order valence-corrected chi connectivity index (χ3v) is 2.89. The lowest BCUT2D eigenvalue weighted by Gasteiger charge is -2.07. The molecule has 1 aromatic carbocycles. The maximum Gasteiger partial charge on any atom is 0.271 e. The van der Waals surface area contributed by atoms with Gasteiger partial charge >= 0.3 is 0 Å². The Morgan fingerprint density at radius 3 is 2.94 bits per heavy atom. The molecule has 0 spiro atoms. The van der Waals surface area contributed by atoms with E-state index in [4.69, 9.17) is 11.6 Å². The van der Waals surface area contributed by atoms with Gasteiger partial charge in [0.1, 0.15) is 5.69 Å². The molecule has 0 amide bonds. The maximum absolute atomic E-state index is 11.7. The van der Waals surface area contributed by atoms with Gasteiger partial charge in [-0.1, -0.05) is 25.5 Å². The zero-order valence-electron chi connectivity index (χ0n) is 9.03. The first-order valence-electron chi connectivity index (χ1n) is 5.35. The Kier molecular flexibility index (Phi) is 3.25. The first-order chi connectivity index (χ1) is 7.72. The SMILES string of the molecule is CCCC(Cl)c1nc2ccccc2[nH]c1=O. The largest absolute Gasteiger partial charge is 0.319 e. The van der Waals surface area contributed by atoms with Crippen LogP contribution in [-0.2, 0) is 0 Å². The summed E-state index contributed by atoms with van der Waals surface area (Å²) in [5, 5.41) is -0.307. The van der Waals surface area contributed by atoms with Crippen molar-refractivity contribution in [2.45, 2.75) is 25.1 Å². The van der Waals surface area contributed by atoms with Gasteiger partial charge in [0.25, 0.3) is 5.56 Å². The second kappa shape index (κ2) is 4.66. The topological polar surface area (TPSA) is 45.8 Å². The highest BCUT2D eigenvalue weighted by atomic mass is 35.5. The van der Waals surface area contributed by atoms with Crippen LogP contribution in [0.1, 0.15) is 30.8 Å². The van der Waals surface area contributed by atoms with Crippen LogP contribution in [-0.4, -0.2) is 9.97 Å². The van der Waals surface area contributed by atoms with Crippen molar-refractivity contribution in [3.8, 4) is 0 Å². The molecule has 0 saturated carbocycles. The van der Waals surface area contributed by atoms with E-state index in [1.54, 1.807) is 0 Å². The van der Waals surface area contributed by atoms with Gasteiger partial charge in [0.2, 0.25) is 0 Å². The van der Waals surface area contributed by atoms with E-state index in [1.165, 1.54) is 0 Å². The average molecular weight is 237 g/mol.